The second-order valence-electron chi connectivity index (χ2n) is 4.98. The molecule has 21 heavy (non-hydrogen) atoms. The van der Waals surface area contributed by atoms with Crippen molar-refractivity contribution in [3.05, 3.63) is 46.2 Å². The average Bonchev–Trinajstić information content (AvgIpc) is 2.85. The predicted octanol–water partition coefficient (Wildman–Crippen LogP) is 3.86. The van der Waals surface area contributed by atoms with Crippen LogP contribution in [-0.4, -0.2) is 14.7 Å². The Morgan fingerprint density at radius 3 is 2.52 bits per heavy atom. The summed E-state index contributed by atoms with van der Waals surface area (Å²) in [6.45, 7) is 4.25. The average molecular weight is 324 g/mol. The van der Waals surface area contributed by atoms with Crippen molar-refractivity contribution in [2.45, 2.75) is 26.3 Å². The number of thiophene rings is 1. The molecule has 0 aliphatic carbocycles. The highest BCUT2D eigenvalue weighted by Gasteiger charge is 2.09. The van der Waals surface area contributed by atoms with Gasteiger partial charge in [0.05, 0.1) is 18.0 Å². The Bertz CT molecular complexity index is 708. The van der Waals surface area contributed by atoms with E-state index in [1.165, 1.54) is 9.75 Å². The minimum atomic E-state index is -3.25. The molecular weight excluding hydrogens is 304 g/mol. The smallest absolute Gasteiger partial charge is 0.229 e. The van der Waals surface area contributed by atoms with Crippen molar-refractivity contribution in [3.63, 3.8) is 0 Å². The lowest BCUT2D eigenvalue weighted by Gasteiger charge is -2.15. The molecular formula is C15H20N2O2S2. The summed E-state index contributed by atoms with van der Waals surface area (Å²) in [6.07, 6.45) is 2.19. The summed E-state index contributed by atoms with van der Waals surface area (Å²) in [5, 5.41) is 3.40. The standard InChI is InChI=1S/C15H20N2O2S2/c1-4-14-8-9-15(20-14)11(2)16-12-6-5-7-13(10-12)17-21(3,18)19/h5-11,16-17H,4H2,1-3H3. The Morgan fingerprint density at radius 1 is 1.19 bits per heavy atom. The predicted molar refractivity (Wildman–Crippen MR) is 90.6 cm³/mol. The molecule has 0 aliphatic rings. The zero-order valence-electron chi connectivity index (χ0n) is 12.4. The fourth-order valence-electron chi connectivity index (χ4n) is 2.02. The Kier molecular flexibility index (Phi) is 4.90. The van der Waals surface area contributed by atoms with E-state index in [1.807, 2.05) is 12.1 Å². The van der Waals surface area contributed by atoms with E-state index in [0.717, 1.165) is 18.4 Å². The zero-order chi connectivity index (χ0) is 15.5. The minimum absolute atomic E-state index is 0.184. The van der Waals surface area contributed by atoms with E-state index in [4.69, 9.17) is 0 Å². The molecule has 1 unspecified atom stereocenters. The number of aryl methyl sites for hydroxylation is 1. The van der Waals surface area contributed by atoms with Crippen LogP contribution >= 0.6 is 11.3 Å². The van der Waals surface area contributed by atoms with Crippen molar-refractivity contribution in [2.24, 2.45) is 0 Å². The maximum Gasteiger partial charge on any atom is 0.229 e. The number of sulfonamides is 1. The van der Waals surface area contributed by atoms with Gasteiger partial charge in [-0.25, -0.2) is 8.42 Å². The van der Waals surface area contributed by atoms with Crippen LogP contribution in [0.2, 0.25) is 0 Å². The summed E-state index contributed by atoms with van der Waals surface area (Å²) in [5.41, 5.74) is 1.46. The van der Waals surface area contributed by atoms with Crippen LogP contribution in [0.5, 0.6) is 0 Å². The maximum absolute atomic E-state index is 11.3. The van der Waals surface area contributed by atoms with Crippen LogP contribution in [0.3, 0.4) is 0 Å². The topological polar surface area (TPSA) is 58.2 Å². The lowest BCUT2D eigenvalue weighted by Crippen LogP contribution is -2.10. The van der Waals surface area contributed by atoms with Gasteiger partial charge in [0.15, 0.2) is 0 Å². The number of hydrogen-bond donors (Lipinski definition) is 2. The molecule has 0 bridgehead atoms. The van der Waals surface area contributed by atoms with Crippen LogP contribution in [0.4, 0.5) is 11.4 Å². The molecule has 0 saturated heterocycles. The van der Waals surface area contributed by atoms with Crippen LogP contribution in [0, 0.1) is 0 Å². The molecule has 0 radical (unpaired) electrons. The van der Waals surface area contributed by atoms with E-state index < -0.39 is 10.0 Å². The molecule has 1 aromatic carbocycles. The second-order valence-corrected chi connectivity index (χ2v) is 7.93. The van der Waals surface area contributed by atoms with Gasteiger partial charge in [0, 0.05) is 15.4 Å². The molecule has 6 heteroatoms. The SMILES string of the molecule is CCc1ccc(C(C)Nc2cccc(NS(C)(=O)=O)c2)s1. The fraction of sp³-hybridized carbons (Fsp3) is 0.333. The zero-order valence-corrected chi connectivity index (χ0v) is 14.0. The van der Waals surface area contributed by atoms with E-state index in [-0.39, 0.29) is 6.04 Å². The molecule has 0 aliphatic heterocycles. The quantitative estimate of drug-likeness (QED) is 0.848. The van der Waals surface area contributed by atoms with Crippen molar-refractivity contribution in [1.82, 2.24) is 0 Å². The van der Waals surface area contributed by atoms with Gasteiger partial charge in [-0.1, -0.05) is 13.0 Å². The number of hydrogen-bond acceptors (Lipinski definition) is 4. The third-order valence-electron chi connectivity index (χ3n) is 3.01. The monoisotopic (exact) mass is 324 g/mol. The highest BCUT2D eigenvalue weighted by atomic mass is 32.2. The van der Waals surface area contributed by atoms with Crippen molar-refractivity contribution < 1.29 is 8.42 Å². The largest absolute Gasteiger partial charge is 0.378 e. The summed E-state index contributed by atoms with van der Waals surface area (Å²) >= 11 is 1.80. The van der Waals surface area contributed by atoms with E-state index >= 15 is 0 Å². The second kappa shape index (κ2) is 6.49. The number of benzene rings is 1. The summed E-state index contributed by atoms with van der Waals surface area (Å²) in [7, 11) is -3.25. The van der Waals surface area contributed by atoms with E-state index in [9.17, 15) is 8.42 Å². The Labute approximate surface area is 130 Å². The van der Waals surface area contributed by atoms with Gasteiger partial charge in [0.2, 0.25) is 10.0 Å². The van der Waals surface area contributed by atoms with Crippen molar-refractivity contribution in [3.8, 4) is 0 Å². The van der Waals surface area contributed by atoms with Crippen LogP contribution in [0.15, 0.2) is 36.4 Å². The van der Waals surface area contributed by atoms with E-state index in [2.05, 4.69) is 36.0 Å². The van der Waals surface area contributed by atoms with Crippen molar-refractivity contribution >= 4 is 32.7 Å². The highest BCUT2D eigenvalue weighted by molar-refractivity contribution is 7.92. The Balaban J connectivity index is 2.10. The fourth-order valence-corrected chi connectivity index (χ4v) is 3.53. The lowest BCUT2D eigenvalue weighted by molar-refractivity contribution is 0.607. The van der Waals surface area contributed by atoms with Crippen molar-refractivity contribution in [1.29, 1.82) is 0 Å². The first-order valence-corrected chi connectivity index (χ1v) is 9.51. The highest BCUT2D eigenvalue weighted by Crippen LogP contribution is 2.27. The Morgan fingerprint density at radius 2 is 1.90 bits per heavy atom. The molecule has 1 heterocycles. The van der Waals surface area contributed by atoms with Gasteiger partial charge in [-0.15, -0.1) is 11.3 Å². The molecule has 2 N–H and O–H groups in total. The summed E-state index contributed by atoms with van der Waals surface area (Å²) in [4.78, 5) is 2.64. The number of anilines is 2. The van der Waals surface area contributed by atoms with Gasteiger partial charge in [-0.05, 0) is 43.7 Å². The summed E-state index contributed by atoms with van der Waals surface area (Å²) in [5.74, 6) is 0. The van der Waals surface area contributed by atoms with Crippen LogP contribution in [0.1, 0.15) is 29.6 Å². The molecule has 2 aromatic rings. The van der Waals surface area contributed by atoms with Gasteiger partial charge >= 0.3 is 0 Å². The molecule has 0 fully saturated rings. The molecule has 2 rings (SSSR count). The molecule has 4 nitrogen and oxygen atoms in total. The first-order chi connectivity index (χ1) is 9.87. The molecule has 1 atom stereocenters. The molecule has 114 valence electrons. The van der Waals surface area contributed by atoms with Gasteiger partial charge in [-0.2, -0.15) is 0 Å². The van der Waals surface area contributed by atoms with E-state index in [0.29, 0.717) is 5.69 Å². The number of nitrogens with one attached hydrogen (secondary N) is 2. The third-order valence-corrected chi connectivity index (χ3v) is 5.03. The molecule has 0 amide bonds. The lowest BCUT2D eigenvalue weighted by atomic mass is 10.2. The van der Waals surface area contributed by atoms with Crippen LogP contribution < -0.4 is 10.0 Å². The van der Waals surface area contributed by atoms with Crippen molar-refractivity contribution in [2.75, 3.05) is 16.3 Å². The van der Waals surface area contributed by atoms with Gasteiger partial charge < -0.3 is 5.32 Å². The van der Waals surface area contributed by atoms with E-state index in [1.54, 1.807) is 23.5 Å². The van der Waals surface area contributed by atoms with Gasteiger partial charge in [0.1, 0.15) is 0 Å². The Hall–Kier alpha value is -1.53. The third kappa shape index (κ3) is 4.75. The maximum atomic E-state index is 11.3. The first-order valence-electron chi connectivity index (χ1n) is 6.80. The summed E-state index contributed by atoms with van der Waals surface area (Å²) in [6, 6.07) is 11.8. The summed E-state index contributed by atoms with van der Waals surface area (Å²) < 4.78 is 25.0. The molecule has 0 spiro atoms. The van der Waals surface area contributed by atoms with Crippen LogP contribution in [-0.2, 0) is 16.4 Å². The van der Waals surface area contributed by atoms with Gasteiger partial charge in [-0.3, -0.25) is 4.72 Å². The normalized spacial score (nSPS) is 12.9. The van der Waals surface area contributed by atoms with Crippen LogP contribution in [0.25, 0.3) is 0 Å². The molecule has 1 aromatic heterocycles. The molecule has 0 saturated carbocycles. The number of rotatable bonds is 6. The minimum Gasteiger partial charge on any atom is -0.378 e. The van der Waals surface area contributed by atoms with Gasteiger partial charge in [0.25, 0.3) is 0 Å². The first kappa shape index (κ1) is 15.9.